The third-order valence-electron chi connectivity index (χ3n) is 4.23. The van der Waals surface area contributed by atoms with Crippen molar-refractivity contribution in [1.82, 2.24) is 5.32 Å². The molecule has 0 saturated carbocycles. The lowest BCUT2D eigenvalue weighted by Gasteiger charge is -2.19. The number of amides is 1. The van der Waals surface area contributed by atoms with Gasteiger partial charge < -0.3 is 10.1 Å². The summed E-state index contributed by atoms with van der Waals surface area (Å²) >= 11 is 12.3. The minimum absolute atomic E-state index is 0.0173. The van der Waals surface area contributed by atoms with Gasteiger partial charge in [-0.25, -0.2) is 0 Å². The van der Waals surface area contributed by atoms with Crippen LogP contribution in [0.15, 0.2) is 36.4 Å². The molecule has 25 heavy (non-hydrogen) atoms. The maximum absolute atomic E-state index is 12.4. The first-order chi connectivity index (χ1) is 12.0. The van der Waals surface area contributed by atoms with Crippen LogP contribution in [0.3, 0.4) is 0 Å². The van der Waals surface area contributed by atoms with Crippen molar-refractivity contribution in [3.05, 3.63) is 63.1 Å². The molecule has 0 aliphatic rings. The van der Waals surface area contributed by atoms with Crippen molar-refractivity contribution in [3.63, 3.8) is 0 Å². The second-order valence-corrected chi connectivity index (χ2v) is 6.77. The van der Waals surface area contributed by atoms with Gasteiger partial charge in [0.05, 0.1) is 13.2 Å². The summed E-state index contributed by atoms with van der Waals surface area (Å²) in [5.41, 5.74) is 2.94. The van der Waals surface area contributed by atoms with E-state index in [2.05, 4.69) is 18.3 Å². The van der Waals surface area contributed by atoms with E-state index in [-0.39, 0.29) is 11.9 Å². The van der Waals surface area contributed by atoms with Crippen LogP contribution >= 0.6 is 23.2 Å². The van der Waals surface area contributed by atoms with Gasteiger partial charge in [-0.05, 0) is 54.7 Å². The van der Waals surface area contributed by atoms with Crippen LogP contribution < -0.4 is 10.1 Å². The van der Waals surface area contributed by atoms with Crippen LogP contribution in [0.25, 0.3) is 0 Å². The molecule has 0 saturated heterocycles. The average Bonchev–Trinajstić information content (AvgIpc) is 2.59. The van der Waals surface area contributed by atoms with Crippen molar-refractivity contribution in [2.45, 2.75) is 39.2 Å². The Morgan fingerprint density at radius 2 is 1.88 bits per heavy atom. The number of hydrogen-bond donors (Lipinski definition) is 1. The fraction of sp³-hybridized carbons (Fsp3) is 0.350. The molecule has 1 N–H and O–H groups in total. The number of halogens is 2. The van der Waals surface area contributed by atoms with Crippen molar-refractivity contribution >= 4 is 29.1 Å². The smallest absolute Gasteiger partial charge is 0.220 e. The zero-order valence-corrected chi connectivity index (χ0v) is 16.2. The Hall–Kier alpha value is -1.71. The number of methoxy groups -OCH3 is 1. The molecule has 0 aromatic heterocycles. The van der Waals surface area contributed by atoms with Crippen LogP contribution in [0.2, 0.25) is 10.0 Å². The molecule has 2 aromatic carbocycles. The quantitative estimate of drug-likeness (QED) is 0.688. The molecule has 0 fully saturated rings. The average molecular weight is 380 g/mol. The number of nitrogens with one attached hydrogen (secondary N) is 1. The highest BCUT2D eigenvalue weighted by Crippen LogP contribution is 2.26. The second-order valence-electron chi connectivity index (χ2n) is 5.96. The SMILES string of the molecule is CCC(NC(=O)CCc1c(Cl)cccc1Cl)c1ccc(OC)c(C)c1. The van der Waals surface area contributed by atoms with Crippen molar-refractivity contribution in [2.75, 3.05) is 7.11 Å². The maximum Gasteiger partial charge on any atom is 0.220 e. The van der Waals surface area contributed by atoms with Gasteiger partial charge in [-0.2, -0.15) is 0 Å². The van der Waals surface area contributed by atoms with E-state index >= 15 is 0 Å². The summed E-state index contributed by atoms with van der Waals surface area (Å²) in [5.74, 6) is 0.828. The maximum atomic E-state index is 12.4. The Morgan fingerprint density at radius 3 is 2.44 bits per heavy atom. The van der Waals surface area contributed by atoms with E-state index < -0.39 is 0 Å². The van der Waals surface area contributed by atoms with Gasteiger partial charge in [0, 0.05) is 16.5 Å². The topological polar surface area (TPSA) is 38.3 Å². The molecule has 3 nitrogen and oxygen atoms in total. The van der Waals surface area contributed by atoms with Crippen LogP contribution in [0.5, 0.6) is 5.75 Å². The normalized spacial score (nSPS) is 11.9. The molecule has 1 unspecified atom stereocenters. The fourth-order valence-corrected chi connectivity index (χ4v) is 3.40. The molecule has 134 valence electrons. The number of rotatable bonds is 7. The number of carbonyl (C=O) groups excluding carboxylic acids is 1. The number of carbonyl (C=O) groups is 1. The molecular weight excluding hydrogens is 357 g/mol. The molecule has 0 heterocycles. The van der Waals surface area contributed by atoms with Gasteiger partial charge in [0.1, 0.15) is 5.75 Å². The zero-order chi connectivity index (χ0) is 18.4. The van der Waals surface area contributed by atoms with E-state index in [0.717, 1.165) is 28.9 Å². The Balaban J connectivity index is 2.01. The first kappa shape index (κ1) is 19.6. The summed E-state index contributed by atoms with van der Waals surface area (Å²) in [4.78, 5) is 12.4. The predicted molar refractivity (Wildman–Crippen MR) is 104 cm³/mol. The van der Waals surface area contributed by atoms with E-state index in [0.29, 0.717) is 22.9 Å². The highest BCUT2D eigenvalue weighted by molar-refractivity contribution is 6.36. The van der Waals surface area contributed by atoms with Gasteiger partial charge in [0.15, 0.2) is 0 Å². The molecule has 2 aromatic rings. The van der Waals surface area contributed by atoms with Gasteiger partial charge in [0.25, 0.3) is 0 Å². The lowest BCUT2D eigenvalue weighted by atomic mass is 10.0. The predicted octanol–water partition coefficient (Wildman–Crippen LogP) is 5.51. The molecular formula is C20H23Cl2NO2. The summed E-state index contributed by atoms with van der Waals surface area (Å²) in [6.07, 6.45) is 1.67. The summed E-state index contributed by atoms with van der Waals surface area (Å²) in [7, 11) is 1.65. The van der Waals surface area contributed by atoms with Crippen molar-refractivity contribution in [2.24, 2.45) is 0 Å². The lowest BCUT2D eigenvalue weighted by Crippen LogP contribution is -2.28. The van der Waals surface area contributed by atoms with E-state index in [1.807, 2.05) is 19.1 Å². The van der Waals surface area contributed by atoms with Gasteiger partial charge in [0.2, 0.25) is 5.91 Å². The largest absolute Gasteiger partial charge is 0.496 e. The minimum Gasteiger partial charge on any atom is -0.496 e. The Bertz CT molecular complexity index is 726. The standard InChI is InChI=1S/C20H23Cl2NO2/c1-4-18(14-8-10-19(25-3)13(2)12-14)23-20(24)11-9-15-16(21)6-5-7-17(15)22/h5-8,10,12,18H,4,9,11H2,1-3H3,(H,23,24). The molecule has 0 aliphatic heterocycles. The van der Waals surface area contributed by atoms with Crippen molar-refractivity contribution in [1.29, 1.82) is 0 Å². The summed E-state index contributed by atoms with van der Waals surface area (Å²) in [6.45, 7) is 4.05. The van der Waals surface area contributed by atoms with Gasteiger partial charge >= 0.3 is 0 Å². The third kappa shape index (κ3) is 5.13. The van der Waals surface area contributed by atoms with E-state index in [1.165, 1.54) is 0 Å². The van der Waals surface area contributed by atoms with Crippen LogP contribution in [0.1, 0.15) is 42.5 Å². The van der Waals surface area contributed by atoms with Gasteiger partial charge in [-0.15, -0.1) is 0 Å². The molecule has 2 rings (SSSR count). The Morgan fingerprint density at radius 1 is 1.20 bits per heavy atom. The molecule has 0 bridgehead atoms. The molecule has 1 amide bonds. The monoisotopic (exact) mass is 379 g/mol. The molecule has 0 radical (unpaired) electrons. The van der Waals surface area contributed by atoms with E-state index in [1.54, 1.807) is 25.3 Å². The fourth-order valence-electron chi connectivity index (χ4n) is 2.82. The number of aryl methyl sites for hydroxylation is 1. The first-order valence-corrected chi connectivity index (χ1v) is 9.08. The van der Waals surface area contributed by atoms with Gasteiger partial charge in [-0.3, -0.25) is 4.79 Å². The summed E-state index contributed by atoms with van der Waals surface area (Å²) in [5, 5.41) is 4.28. The Labute approximate surface area is 159 Å². The number of hydrogen-bond acceptors (Lipinski definition) is 2. The van der Waals surface area contributed by atoms with Crippen LogP contribution in [-0.2, 0) is 11.2 Å². The van der Waals surface area contributed by atoms with Crippen LogP contribution in [0, 0.1) is 6.92 Å². The highest BCUT2D eigenvalue weighted by Gasteiger charge is 2.15. The summed E-state index contributed by atoms with van der Waals surface area (Å²) in [6, 6.07) is 11.3. The van der Waals surface area contributed by atoms with Crippen molar-refractivity contribution in [3.8, 4) is 5.75 Å². The molecule has 5 heteroatoms. The molecule has 0 aliphatic carbocycles. The van der Waals surface area contributed by atoms with Crippen LogP contribution in [0.4, 0.5) is 0 Å². The van der Waals surface area contributed by atoms with E-state index in [9.17, 15) is 4.79 Å². The molecule has 1 atom stereocenters. The number of benzene rings is 2. The molecule has 0 spiro atoms. The number of ether oxygens (including phenoxy) is 1. The lowest BCUT2D eigenvalue weighted by molar-refractivity contribution is -0.121. The summed E-state index contributed by atoms with van der Waals surface area (Å²) < 4.78 is 5.29. The third-order valence-corrected chi connectivity index (χ3v) is 4.94. The first-order valence-electron chi connectivity index (χ1n) is 8.33. The van der Waals surface area contributed by atoms with Crippen LogP contribution in [-0.4, -0.2) is 13.0 Å². The van der Waals surface area contributed by atoms with Gasteiger partial charge in [-0.1, -0.05) is 48.3 Å². The zero-order valence-electron chi connectivity index (χ0n) is 14.7. The second kappa shape index (κ2) is 9.12. The van der Waals surface area contributed by atoms with Crippen molar-refractivity contribution < 1.29 is 9.53 Å². The highest BCUT2D eigenvalue weighted by atomic mass is 35.5. The Kier molecular flexibility index (Phi) is 7.15. The minimum atomic E-state index is -0.0289. The van der Waals surface area contributed by atoms with E-state index in [4.69, 9.17) is 27.9 Å².